The van der Waals surface area contributed by atoms with Crippen molar-refractivity contribution in [2.24, 2.45) is 0 Å². The second-order valence-corrected chi connectivity index (χ2v) is 6.69. The maximum absolute atomic E-state index is 12.6. The highest BCUT2D eigenvalue weighted by Crippen LogP contribution is 2.21. The van der Waals surface area contributed by atoms with Gasteiger partial charge in [-0.3, -0.25) is 9.59 Å². The molecule has 0 atom stereocenters. The molecule has 2 N–H and O–H groups in total. The number of pyridine rings is 1. The van der Waals surface area contributed by atoms with E-state index in [9.17, 15) is 9.59 Å². The summed E-state index contributed by atoms with van der Waals surface area (Å²) in [5.41, 5.74) is 3.85. The summed E-state index contributed by atoms with van der Waals surface area (Å²) in [6.45, 7) is 2.25. The van der Waals surface area contributed by atoms with Gasteiger partial charge in [-0.15, -0.1) is 0 Å². The maximum atomic E-state index is 12.6. The molecule has 27 heavy (non-hydrogen) atoms. The Morgan fingerprint density at radius 1 is 1.04 bits per heavy atom. The molecule has 3 aromatic rings. The van der Waals surface area contributed by atoms with E-state index in [1.165, 1.54) is 0 Å². The van der Waals surface area contributed by atoms with Crippen LogP contribution in [0, 0.1) is 6.92 Å². The lowest BCUT2D eigenvalue weighted by Crippen LogP contribution is -2.27. The first-order chi connectivity index (χ1) is 12.9. The first-order valence-corrected chi connectivity index (χ1v) is 8.69. The standard InChI is InChI=1S/C20H23N5O2/c1-14-7-6-10-25-15(12-21-20(14)25)11-18(26)22-16-8-4-5-9-17(16)23-19(27)13-24(2)3/h4-10,12H,11,13H2,1-3H3,(H,22,26)(H,23,27). The highest BCUT2D eigenvalue weighted by molar-refractivity contribution is 6.00. The number of nitrogens with one attached hydrogen (secondary N) is 2. The van der Waals surface area contributed by atoms with E-state index in [-0.39, 0.29) is 24.8 Å². The quantitative estimate of drug-likeness (QED) is 0.703. The van der Waals surface area contributed by atoms with Crippen LogP contribution in [0.2, 0.25) is 0 Å². The molecule has 1 aromatic carbocycles. The molecule has 0 saturated carbocycles. The third-order valence-corrected chi connectivity index (χ3v) is 4.08. The van der Waals surface area contributed by atoms with Crippen LogP contribution in [0.15, 0.2) is 48.8 Å². The van der Waals surface area contributed by atoms with E-state index in [0.29, 0.717) is 11.4 Å². The number of nitrogens with zero attached hydrogens (tertiary/aromatic N) is 3. The smallest absolute Gasteiger partial charge is 0.238 e. The summed E-state index contributed by atoms with van der Waals surface area (Å²) in [6.07, 6.45) is 3.80. The van der Waals surface area contributed by atoms with E-state index in [4.69, 9.17) is 0 Å². The number of anilines is 2. The van der Waals surface area contributed by atoms with Gasteiger partial charge < -0.3 is 19.9 Å². The fourth-order valence-corrected chi connectivity index (χ4v) is 2.87. The SMILES string of the molecule is Cc1cccn2c(CC(=O)Nc3ccccc3NC(=O)CN(C)C)cnc12. The second kappa shape index (κ2) is 8.01. The molecule has 0 fully saturated rings. The molecular formula is C20H23N5O2. The Kier molecular flexibility index (Phi) is 5.52. The van der Waals surface area contributed by atoms with Crippen LogP contribution < -0.4 is 10.6 Å². The van der Waals surface area contributed by atoms with E-state index in [2.05, 4.69) is 15.6 Å². The van der Waals surface area contributed by atoms with Crippen molar-refractivity contribution >= 4 is 28.8 Å². The minimum absolute atomic E-state index is 0.140. The van der Waals surface area contributed by atoms with Crippen molar-refractivity contribution in [2.45, 2.75) is 13.3 Å². The molecule has 2 amide bonds. The van der Waals surface area contributed by atoms with Crippen LogP contribution in [0.1, 0.15) is 11.3 Å². The number of aryl methyl sites for hydroxylation is 1. The van der Waals surface area contributed by atoms with Gasteiger partial charge in [-0.25, -0.2) is 4.98 Å². The normalized spacial score (nSPS) is 11.0. The number of rotatable bonds is 6. The van der Waals surface area contributed by atoms with Crippen molar-refractivity contribution in [1.82, 2.24) is 14.3 Å². The molecule has 2 heterocycles. The van der Waals surface area contributed by atoms with Crippen LogP contribution in [0.25, 0.3) is 5.65 Å². The van der Waals surface area contributed by atoms with Gasteiger partial charge in [0.15, 0.2) is 0 Å². The average molecular weight is 365 g/mol. The molecule has 0 aliphatic rings. The third kappa shape index (κ3) is 4.51. The van der Waals surface area contributed by atoms with Crippen molar-refractivity contribution in [3.8, 4) is 0 Å². The second-order valence-electron chi connectivity index (χ2n) is 6.69. The molecule has 0 saturated heterocycles. The van der Waals surface area contributed by atoms with Gasteiger partial charge in [-0.05, 0) is 44.8 Å². The molecule has 0 unspecified atom stereocenters. The summed E-state index contributed by atoms with van der Waals surface area (Å²) in [6, 6.07) is 11.1. The molecule has 0 aliphatic heterocycles. The minimum atomic E-state index is -0.174. The predicted octanol–water partition coefficient (Wildman–Crippen LogP) is 2.32. The lowest BCUT2D eigenvalue weighted by molar-refractivity contribution is -0.117. The Morgan fingerprint density at radius 3 is 2.37 bits per heavy atom. The Labute approximate surface area is 158 Å². The van der Waals surface area contributed by atoms with E-state index in [1.807, 2.05) is 55.9 Å². The highest BCUT2D eigenvalue weighted by atomic mass is 16.2. The first kappa shape index (κ1) is 18.6. The summed E-state index contributed by atoms with van der Waals surface area (Å²) >= 11 is 0. The van der Waals surface area contributed by atoms with E-state index >= 15 is 0 Å². The zero-order valence-corrected chi connectivity index (χ0v) is 15.7. The van der Waals surface area contributed by atoms with Gasteiger partial charge in [0.05, 0.1) is 30.0 Å². The van der Waals surface area contributed by atoms with Gasteiger partial charge in [0.2, 0.25) is 11.8 Å². The van der Waals surface area contributed by atoms with Crippen molar-refractivity contribution in [3.63, 3.8) is 0 Å². The van der Waals surface area contributed by atoms with E-state index < -0.39 is 0 Å². The van der Waals surface area contributed by atoms with Gasteiger partial charge in [0.25, 0.3) is 0 Å². The van der Waals surface area contributed by atoms with Gasteiger partial charge in [0.1, 0.15) is 5.65 Å². The third-order valence-electron chi connectivity index (χ3n) is 4.08. The Morgan fingerprint density at radius 2 is 1.70 bits per heavy atom. The summed E-state index contributed by atoms with van der Waals surface area (Å²) < 4.78 is 1.92. The molecule has 0 bridgehead atoms. The molecule has 7 nitrogen and oxygen atoms in total. The number of hydrogen-bond acceptors (Lipinski definition) is 4. The topological polar surface area (TPSA) is 78.7 Å². The van der Waals surface area contributed by atoms with Crippen molar-refractivity contribution < 1.29 is 9.59 Å². The number of likely N-dealkylation sites (N-methyl/N-ethyl adjacent to an activating group) is 1. The number of aromatic nitrogens is 2. The molecule has 0 aliphatic carbocycles. The van der Waals surface area contributed by atoms with Gasteiger partial charge in [-0.2, -0.15) is 0 Å². The lowest BCUT2D eigenvalue weighted by Gasteiger charge is -2.14. The summed E-state index contributed by atoms with van der Waals surface area (Å²) in [4.78, 5) is 30.7. The van der Waals surface area contributed by atoms with Crippen molar-refractivity contribution in [2.75, 3.05) is 31.3 Å². The number of hydrogen-bond donors (Lipinski definition) is 2. The summed E-state index contributed by atoms with van der Waals surface area (Å²) in [5.74, 6) is -0.313. The molecule has 0 radical (unpaired) electrons. The monoisotopic (exact) mass is 365 g/mol. The van der Waals surface area contributed by atoms with Crippen LogP contribution in [-0.2, 0) is 16.0 Å². The fraction of sp³-hybridized carbons (Fsp3) is 0.250. The van der Waals surface area contributed by atoms with E-state index in [0.717, 1.165) is 16.9 Å². The van der Waals surface area contributed by atoms with Gasteiger partial charge in [-0.1, -0.05) is 18.2 Å². The number of fused-ring (bicyclic) bond motifs is 1. The Hall–Kier alpha value is -3.19. The molecular weight excluding hydrogens is 342 g/mol. The maximum Gasteiger partial charge on any atom is 0.238 e. The number of para-hydroxylation sites is 2. The Balaban J connectivity index is 1.72. The predicted molar refractivity (Wildman–Crippen MR) is 106 cm³/mol. The summed E-state index contributed by atoms with van der Waals surface area (Å²) in [5, 5.41) is 5.71. The van der Waals surface area contributed by atoms with Crippen molar-refractivity contribution in [3.05, 3.63) is 60.0 Å². The zero-order chi connectivity index (χ0) is 19.4. The summed E-state index contributed by atoms with van der Waals surface area (Å²) in [7, 11) is 3.65. The van der Waals surface area contributed by atoms with Crippen molar-refractivity contribution in [1.29, 1.82) is 0 Å². The molecule has 2 aromatic heterocycles. The molecule has 3 rings (SSSR count). The van der Waals surface area contributed by atoms with Gasteiger partial charge in [0, 0.05) is 12.4 Å². The fourth-order valence-electron chi connectivity index (χ4n) is 2.87. The lowest BCUT2D eigenvalue weighted by atomic mass is 10.2. The van der Waals surface area contributed by atoms with Crippen LogP contribution in [0.4, 0.5) is 11.4 Å². The van der Waals surface area contributed by atoms with Crippen LogP contribution in [0.5, 0.6) is 0 Å². The number of carbonyl (C=O) groups excluding carboxylic acids is 2. The van der Waals surface area contributed by atoms with Crippen LogP contribution in [0.3, 0.4) is 0 Å². The highest BCUT2D eigenvalue weighted by Gasteiger charge is 2.13. The number of benzene rings is 1. The van der Waals surface area contributed by atoms with Crippen LogP contribution >= 0.6 is 0 Å². The van der Waals surface area contributed by atoms with Crippen LogP contribution in [-0.4, -0.2) is 46.7 Å². The van der Waals surface area contributed by atoms with Gasteiger partial charge >= 0.3 is 0 Å². The molecule has 140 valence electrons. The average Bonchev–Trinajstić information content (AvgIpc) is 3.00. The molecule has 7 heteroatoms. The number of amides is 2. The number of imidazole rings is 1. The van der Waals surface area contributed by atoms with E-state index in [1.54, 1.807) is 23.2 Å². The number of carbonyl (C=O) groups is 2. The largest absolute Gasteiger partial charge is 0.324 e. The first-order valence-electron chi connectivity index (χ1n) is 8.69. The zero-order valence-electron chi connectivity index (χ0n) is 15.7. The molecule has 0 spiro atoms. The Bertz CT molecular complexity index is 977. The minimum Gasteiger partial charge on any atom is -0.324 e.